The molecule has 0 radical (unpaired) electrons. The Hall–Kier alpha value is -2.16. The van der Waals surface area contributed by atoms with Gasteiger partial charge in [-0.15, -0.1) is 0 Å². The average molecular weight is 412 g/mol. The van der Waals surface area contributed by atoms with Gasteiger partial charge in [-0.1, -0.05) is 19.1 Å². The van der Waals surface area contributed by atoms with Gasteiger partial charge in [-0.2, -0.15) is 0 Å². The highest BCUT2D eigenvalue weighted by Gasteiger charge is 2.33. The van der Waals surface area contributed by atoms with Crippen molar-refractivity contribution < 1.29 is 39.5 Å². The van der Waals surface area contributed by atoms with Gasteiger partial charge in [0.2, 0.25) is 0 Å². The van der Waals surface area contributed by atoms with Gasteiger partial charge in [0.05, 0.1) is 30.7 Å². The molecule has 0 spiro atoms. The minimum absolute atomic E-state index is 0.126. The quantitative estimate of drug-likeness (QED) is 0.384. The van der Waals surface area contributed by atoms with Gasteiger partial charge in [-0.05, 0) is 50.3 Å². The molecule has 0 aliphatic heterocycles. The van der Waals surface area contributed by atoms with E-state index in [4.69, 9.17) is 9.47 Å². The molecule has 0 fully saturated rings. The van der Waals surface area contributed by atoms with Gasteiger partial charge in [-0.25, -0.2) is 0 Å². The lowest BCUT2D eigenvalue weighted by Crippen LogP contribution is -2.37. The van der Waals surface area contributed by atoms with Gasteiger partial charge in [-0.3, -0.25) is 9.59 Å². The van der Waals surface area contributed by atoms with Crippen molar-refractivity contribution in [1.82, 2.24) is 0 Å². The highest BCUT2D eigenvalue weighted by Crippen LogP contribution is 2.30. The smallest absolute Gasteiger partial charge is 0.309 e. The molecule has 8 nitrogen and oxygen atoms in total. The molecule has 0 aliphatic rings. The van der Waals surface area contributed by atoms with E-state index >= 15 is 0 Å². The van der Waals surface area contributed by atoms with Crippen molar-refractivity contribution in [1.29, 1.82) is 0 Å². The van der Waals surface area contributed by atoms with E-state index in [0.717, 1.165) is 5.56 Å². The number of carbonyl (C=O) groups excluding carboxylic acids is 1. The number of rotatable bonds is 12. The lowest BCUT2D eigenvalue weighted by Gasteiger charge is -2.29. The fourth-order valence-electron chi connectivity index (χ4n) is 3.12. The van der Waals surface area contributed by atoms with Gasteiger partial charge in [0, 0.05) is 7.11 Å². The van der Waals surface area contributed by atoms with E-state index in [1.807, 2.05) is 6.07 Å². The predicted molar refractivity (Wildman–Crippen MR) is 105 cm³/mol. The molecular formula is C21H32O8. The number of methoxy groups -OCH3 is 1. The number of carboxylic acids is 1. The van der Waals surface area contributed by atoms with Crippen LogP contribution in [0.15, 0.2) is 24.3 Å². The van der Waals surface area contributed by atoms with Crippen LogP contribution in [0.4, 0.5) is 0 Å². The highest BCUT2D eigenvalue weighted by molar-refractivity contribution is 5.73. The molecule has 29 heavy (non-hydrogen) atoms. The first-order chi connectivity index (χ1) is 13.6. The topological polar surface area (TPSA) is 134 Å². The Labute approximate surface area is 171 Å². The van der Waals surface area contributed by atoms with Crippen molar-refractivity contribution in [3.63, 3.8) is 0 Å². The Kier molecular flexibility index (Phi) is 10.1. The number of carbonyl (C=O) groups is 2. The second-order valence-electron chi connectivity index (χ2n) is 7.47. The number of phenols is 1. The Balaban J connectivity index is 2.81. The summed E-state index contributed by atoms with van der Waals surface area (Å²) < 4.78 is 10.9. The zero-order valence-electron chi connectivity index (χ0n) is 17.3. The summed E-state index contributed by atoms with van der Waals surface area (Å²) in [5.41, 5.74) is 0.791. The van der Waals surface area contributed by atoms with Crippen LogP contribution in [-0.4, -0.2) is 57.8 Å². The van der Waals surface area contributed by atoms with Gasteiger partial charge < -0.3 is 29.9 Å². The van der Waals surface area contributed by atoms with E-state index in [0.29, 0.717) is 12.8 Å². The molecule has 1 aromatic carbocycles. The molecule has 1 rings (SSSR count). The lowest BCUT2D eigenvalue weighted by atomic mass is 9.88. The number of esters is 1. The van der Waals surface area contributed by atoms with Crippen LogP contribution in [0.3, 0.4) is 0 Å². The van der Waals surface area contributed by atoms with Gasteiger partial charge in [0.25, 0.3) is 0 Å². The number of hydrogen-bond acceptors (Lipinski definition) is 7. The van der Waals surface area contributed by atoms with Crippen molar-refractivity contribution in [2.45, 2.75) is 64.4 Å². The van der Waals surface area contributed by atoms with E-state index in [1.54, 1.807) is 32.2 Å². The summed E-state index contributed by atoms with van der Waals surface area (Å²) in [5.74, 6) is -2.98. The van der Waals surface area contributed by atoms with E-state index < -0.39 is 42.6 Å². The molecule has 0 aliphatic carbocycles. The summed E-state index contributed by atoms with van der Waals surface area (Å²) in [5, 5.41) is 38.0. The monoisotopic (exact) mass is 412 g/mol. The molecule has 164 valence electrons. The standard InChI is InChI=1S/C21H32O8/c1-12(8-9-18(28-4)15-6-5-7-16(23)10-15)20(13(2)21(26)27)29-19(25)11-17(24)14(3)22/h5-7,10,12-14,17-18,20,22-24H,8-9,11H2,1-4H3,(H,26,27)/t12-,13-,14-,17-,18+,20-/m1/s1. The van der Waals surface area contributed by atoms with Crippen LogP contribution < -0.4 is 0 Å². The van der Waals surface area contributed by atoms with Crippen LogP contribution in [0.2, 0.25) is 0 Å². The summed E-state index contributed by atoms with van der Waals surface area (Å²) in [7, 11) is 1.55. The Bertz CT molecular complexity index is 660. The van der Waals surface area contributed by atoms with Gasteiger partial charge >= 0.3 is 11.9 Å². The molecule has 8 heteroatoms. The third-order valence-electron chi connectivity index (χ3n) is 5.05. The number of benzene rings is 1. The zero-order chi connectivity index (χ0) is 22.1. The molecule has 0 aromatic heterocycles. The third-order valence-corrected chi connectivity index (χ3v) is 5.05. The van der Waals surface area contributed by atoms with Crippen LogP contribution in [0, 0.1) is 11.8 Å². The van der Waals surface area contributed by atoms with Crippen molar-refractivity contribution in [3.05, 3.63) is 29.8 Å². The maximum atomic E-state index is 12.1. The first-order valence-corrected chi connectivity index (χ1v) is 9.66. The summed E-state index contributed by atoms with van der Waals surface area (Å²) in [6, 6.07) is 6.70. The van der Waals surface area contributed by atoms with E-state index in [9.17, 15) is 30.0 Å². The summed E-state index contributed by atoms with van der Waals surface area (Å²) in [4.78, 5) is 23.6. The molecule has 0 amide bonds. The minimum atomic E-state index is -1.28. The average Bonchev–Trinajstić information content (AvgIpc) is 2.65. The number of phenolic OH excluding ortho intramolecular Hbond substituents is 1. The first kappa shape index (κ1) is 24.9. The van der Waals surface area contributed by atoms with Gasteiger partial charge in [0.1, 0.15) is 11.9 Å². The Morgan fingerprint density at radius 3 is 2.28 bits per heavy atom. The number of aliphatic hydroxyl groups excluding tert-OH is 2. The van der Waals surface area contributed by atoms with Crippen LogP contribution in [-0.2, 0) is 19.1 Å². The van der Waals surface area contributed by atoms with Crippen LogP contribution in [0.5, 0.6) is 5.75 Å². The van der Waals surface area contributed by atoms with Crippen molar-refractivity contribution >= 4 is 11.9 Å². The van der Waals surface area contributed by atoms with Crippen LogP contribution in [0.25, 0.3) is 0 Å². The van der Waals surface area contributed by atoms with E-state index in [-0.39, 0.29) is 17.8 Å². The summed E-state index contributed by atoms with van der Waals surface area (Å²) >= 11 is 0. The normalized spacial score (nSPS) is 17.6. The molecule has 1 aromatic rings. The van der Waals surface area contributed by atoms with E-state index in [1.165, 1.54) is 13.8 Å². The largest absolute Gasteiger partial charge is 0.508 e. The number of aliphatic carboxylic acids is 1. The minimum Gasteiger partial charge on any atom is -0.508 e. The zero-order valence-corrected chi connectivity index (χ0v) is 17.3. The molecule has 6 atom stereocenters. The van der Waals surface area contributed by atoms with E-state index in [2.05, 4.69) is 0 Å². The second kappa shape index (κ2) is 11.7. The summed E-state index contributed by atoms with van der Waals surface area (Å²) in [6.07, 6.45) is -2.97. The molecule has 0 saturated carbocycles. The second-order valence-corrected chi connectivity index (χ2v) is 7.47. The lowest BCUT2D eigenvalue weighted by molar-refractivity contribution is -0.164. The molecule has 0 unspecified atom stereocenters. The predicted octanol–water partition coefficient (Wildman–Crippen LogP) is 2.26. The highest BCUT2D eigenvalue weighted by atomic mass is 16.5. The maximum absolute atomic E-state index is 12.1. The number of hydrogen-bond donors (Lipinski definition) is 4. The number of carboxylic acid groups (broad SMARTS) is 1. The van der Waals surface area contributed by atoms with Gasteiger partial charge in [0.15, 0.2) is 0 Å². The number of ether oxygens (including phenoxy) is 2. The fourth-order valence-corrected chi connectivity index (χ4v) is 3.12. The maximum Gasteiger partial charge on any atom is 0.309 e. The molecule has 0 bridgehead atoms. The molecule has 0 heterocycles. The molecule has 4 N–H and O–H groups in total. The Morgan fingerprint density at radius 1 is 1.10 bits per heavy atom. The Morgan fingerprint density at radius 2 is 1.76 bits per heavy atom. The van der Waals surface area contributed by atoms with Crippen molar-refractivity contribution in [2.24, 2.45) is 11.8 Å². The van der Waals surface area contributed by atoms with Crippen LogP contribution in [0.1, 0.15) is 51.7 Å². The molecular weight excluding hydrogens is 380 g/mol. The number of aromatic hydroxyl groups is 1. The van der Waals surface area contributed by atoms with Crippen molar-refractivity contribution in [2.75, 3.05) is 7.11 Å². The van der Waals surface area contributed by atoms with Crippen LogP contribution >= 0.6 is 0 Å². The third kappa shape index (κ3) is 8.00. The fraction of sp³-hybridized carbons (Fsp3) is 0.619. The molecule has 0 saturated heterocycles. The number of aliphatic hydroxyl groups is 2. The van der Waals surface area contributed by atoms with Crippen molar-refractivity contribution in [3.8, 4) is 5.75 Å². The first-order valence-electron chi connectivity index (χ1n) is 9.66. The summed E-state index contributed by atoms with van der Waals surface area (Å²) in [6.45, 7) is 4.60. The SMILES string of the molecule is CO[C@@H](CC[C@@H](C)[C@@H](OC(=O)C[C@@H](O)[C@@H](C)O)[C@@H](C)C(=O)O)c1cccc(O)c1.